The third kappa shape index (κ3) is 2.45. The molecule has 0 radical (unpaired) electrons. The predicted molar refractivity (Wildman–Crippen MR) is 72.4 cm³/mol. The van der Waals surface area contributed by atoms with Crippen molar-refractivity contribution in [2.45, 2.75) is 12.8 Å². The van der Waals surface area contributed by atoms with Crippen molar-refractivity contribution in [1.29, 1.82) is 5.26 Å². The van der Waals surface area contributed by atoms with E-state index in [0.29, 0.717) is 30.0 Å². The third-order valence-electron chi connectivity index (χ3n) is 3.05. The monoisotopic (exact) mass is 265 g/mol. The van der Waals surface area contributed by atoms with Gasteiger partial charge >= 0.3 is 0 Å². The molecule has 0 spiro atoms. The summed E-state index contributed by atoms with van der Waals surface area (Å²) in [5, 5.41) is 11.6. The largest absolute Gasteiger partial charge is 0.457 e. The summed E-state index contributed by atoms with van der Waals surface area (Å²) in [5.74, 6) is 1.28. The molecule has 1 aromatic carbocycles. The Balaban J connectivity index is 1.85. The maximum Gasteiger partial charge on any atom is 0.224 e. The Bertz CT molecular complexity index is 719. The molecule has 1 N–H and O–H groups in total. The van der Waals surface area contributed by atoms with Crippen LogP contribution in [0.5, 0.6) is 11.5 Å². The second-order valence-corrected chi connectivity index (χ2v) is 4.46. The van der Waals surface area contributed by atoms with Crippen molar-refractivity contribution in [3.05, 3.63) is 47.8 Å². The lowest BCUT2D eigenvalue weighted by atomic mass is 10.0. The second-order valence-electron chi connectivity index (χ2n) is 4.46. The Labute approximate surface area is 115 Å². The zero-order valence-corrected chi connectivity index (χ0v) is 10.6. The molecule has 98 valence electrons. The van der Waals surface area contributed by atoms with Crippen molar-refractivity contribution >= 4 is 11.6 Å². The Morgan fingerprint density at radius 1 is 1.20 bits per heavy atom. The topological polar surface area (TPSA) is 75.0 Å². The average Bonchev–Trinajstić information content (AvgIpc) is 2.47. The van der Waals surface area contributed by atoms with Crippen LogP contribution < -0.4 is 10.1 Å². The number of pyridine rings is 1. The van der Waals surface area contributed by atoms with Gasteiger partial charge in [0.05, 0.1) is 0 Å². The highest BCUT2D eigenvalue weighted by Crippen LogP contribution is 2.29. The van der Waals surface area contributed by atoms with Crippen molar-refractivity contribution in [2.75, 3.05) is 5.32 Å². The molecule has 2 heterocycles. The van der Waals surface area contributed by atoms with E-state index in [1.807, 2.05) is 18.2 Å². The Hall–Kier alpha value is -2.87. The number of aromatic nitrogens is 1. The third-order valence-corrected chi connectivity index (χ3v) is 3.05. The molecule has 1 aromatic heterocycles. The molecular weight excluding hydrogens is 254 g/mol. The molecule has 5 nitrogen and oxygen atoms in total. The first-order valence-corrected chi connectivity index (χ1v) is 6.21. The van der Waals surface area contributed by atoms with Gasteiger partial charge in [0.2, 0.25) is 5.91 Å². The fourth-order valence-corrected chi connectivity index (χ4v) is 2.10. The van der Waals surface area contributed by atoms with Crippen LogP contribution in [0.25, 0.3) is 0 Å². The Morgan fingerprint density at radius 3 is 2.90 bits per heavy atom. The summed E-state index contributed by atoms with van der Waals surface area (Å²) in [6.45, 7) is 0. The summed E-state index contributed by atoms with van der Waals surface area (Å²) in [5.41, 5.74) is 2.20. The highest BCUT2D eigenvalue weighted by atomic mass is 16.5. The molecule has 20 heavy (non-hydrogen) atoms. The fourth-order valence-electron chi connectivity index (χ4n) is 2.10. The number of ether oxygens (including phenoxy) is 1. The van der Waals surface area contributed by atoms with E-state index in [0.717, 1.165) is 11.3 Å². The molecule has 0 atom stereocenters. The molecule has 1 aliphatic rings. The van der Waals surface area contributed by atoms with E-state index in [9.17, 15) is 4.79 Å². The molecule has 0 saturated carbocycles. The normalized spacial score (nSPS) is 13.1. The van der Waals surface area contributed by atoms with Gasteiger partial charge in [-0.15, -0.1) is 0 Å². The van der Waals surface area contributed by atoms with E-state index >= 15 is 0 Å². The van der Waals surface area contributed by atoms with Gasteiger partial charge in [-0.25, -0.2) is 4.98 Å². The molecule has 1 amide bonds. The van der Waals surface area contributed by atoms with Crippen LogP contribution in [-0.2, 0) is 11.2 Å². The summed E-state index contributed by atoms with van der Waals surface area (Å²) in [4.78, 5) is 15.2. The lowest BCUT2D eigenvalue weighted by Gasteiger charge is -2.17. The van der Waals surface area contributed by atoms with Crippen molar-refractivity contribution in [3.8, 4) is 17.6 Å². The van der Waals surface area contributed by atoms with E-state index in [-0.39, 0.29) is 5.91 Å². The smallest absolute Gasteiger partial charge is 0.224 e. The van der Waals surface area contributed by atoms with Gasteiger partial charge < -0.3 is 10.1 Å². The van der Waals surface area contributed by atoms with Crippen LogP contribution in [-0.4, -0.2) is 10.9 Å². The summed E-state index contributed by atoms with van der Waals surface area (Å²) in [6.07, 6.45) is 2.73. The molecule has 2 aromatic rings. The molecule has 5 heteroatoms. The number of aryl methyl sites for hydroxylation is 1. The van der Waals surface area contributed by atoms with Gasteiger partial charge in [-0.1, -0.05) is 0 Å². The molecule has 0 saturated heterocycles. The van der Waals surface area contributed by atoms with Crippen molar-refractivity contribution in [2.24, 2.45) is 0 Å². The summed E-state index contributed by atoms with van der Waals surface area (Å²) >= 11 is 0. The molecule has 0 aliphatic carbocycles. The maximum absolute atomic E-state index is 11.3. The molecule has 0 fully saturated rings. The minimum absolute atomic E-state index is 0.0407. The minimum Gasteiger partial charge on any atom is -0.457 e. The standard InChI is InChI=1S/C15H11N3O2/c16-9-11-8-13(5-6-17-11)20-12-2-3-14-10(7-12)1-4-15(19)18-14/h2-3,5-8H,1,4H2,(H,18,19). The highest BCUT2D eigenvalue weighted by molar-refractivity contribution is 5.94. The first kappa shape index (κ1) is 12.2. The van der Waals surface area contributed by atoms with Gasteiger partial charge in [-0.05, 0) is 36.2 Å². The number of carbonyl (C=O) groups excluding carboxylic acids is 1. The molecular formula is C15H11N3O2. The number of amides is 1. The first-order chi connectivity index (χ1) is 9.74. The second kappa shape index (κ2) is 5.02. The van der Waals surface area contributed by atoms with Gasteiger partial charge in [0.25, 0.3) is 0 Å². The number of hydrogen-bond acceptors (Lipinski definition) is 4. The molecule has 1 aliphatic heterocycles. The van der Waals surface area contributed by atoms with E-state index in [2.05, 4.69) is 10.3 Å². The lowest BCUT2D eigenvalue weighted by molar-refractivity contribution is -0.116. The number of benzene rings is 1. The van der Waals surface area contributed by atoms with Crippen LogP contribution in [0.1, 0.15) is 17.7 Å². The number of nitriles is 1. The van der Waals surface area contributed by atoms with Gasteiger partial charge in [0.15, 0.2) is 0 Å². The summed E-state index contributed by atoms with van der Waals surface area (Å²) in [6, 6.07) is 10.8. The highest BCUT2D eigenvalue weighted by Gasteiger charge is 2.15. The van der Waals surface area contributed by atoms with Crippen LogP contribution in [0.4, 0.5) is 5.69 Å². The predicted octanol–water partition coefficient (Wildman–Crippen LogP) is 2.63. The van der Waals surface area contributed by atoms with Crippen LogP contribution in [0.15, 0.2) is 36.5 Å². The van der Waals surface area contributed by atoms with Crippen molar-refractivity contribution in [3.63, 3.8) is 0 Å². The number of nitrogens with zero attached hydrogens (tertiary/aromatic N) is 2. The van der Waals surface area contributed by atoms with Gasteiger partial charge in [0, 0.05) is 24.4 Å². The van der Waals surface area contributed by atoms with Crippen molar-refractivity contribution < 1.29 is 9.53 Å². The SMILES string of the molecule is N#Cc1cc(Oc2ccc3c(c2)CCC(=O)N3)ccn1. The van der Waals surface area contributed by atoms with Crippen molar-refractivity contribution in [1.82, 2.24) is 4.98 Å². The zero-order chi connectivity index (χ0) is 13.9. The molecule has 3 rings (SSSR count). The molecule has 0 bridgehead atoms. The number of carbonyl (C=O) groups is 1. The number of anilines is 1. The number of fused-ring (bicyclic) bond motifs is 1. The maximum atomic E-state index is 11.3. The summed E-state index contributed by atoms with van der Waals surface area (Å²) < 4.78 is 5.71. The molecule has 0 unspecified atom stereocenters. The van der Waals surface area contributed by atoms with Crippen LogP contribution >= 0.6 is 0 Å². The quantitative estimate of drug-likeness (QED) is 0.905. The zero-order valence-electron chi connectivity index (χ0n) is 10.6. The van der Waals surface area contributed by atoms with E-state index in [1.54, 1.807) is 18.2 Å². The lowest BCUT2D eigenvalue weighted by Crippen LogP contribution is -2.18. The van der Waals surface area contributed by atoms with E-state index in [4.69, 9.17) is 10.00 Å². The van der Waals surface area contributed by atoms with E-state index < -0.39 is 0 Å². The Kier molecular flexibility index (Phi) is 3.05. The van der Waals surface area contributed by atoms with Gasteiger partial charge in [0.1, 0.15) is 23.3 Å². The van der Waals surface area contributed by atoms with E-state index in [1.165, 1.54) is 6.20 Å². The van der Waals surface area contributed by atoms with Gasteiger partial charge in [-0.2, -0.15) is 5.26 Å². The Morgan fingerprint density at radius 2 is 2.05 bits per heavy atom. The minimum atomic E-state index is 0.0407. The van der Waals surface area contributed by atoms with Crippen LogP contribution in [0.3, 0.4) is 0 Å². The average molecular weight is 265 g/mol. The number of nitrogens with one attached hydrogen (secondary N) is 1. The van der Waals surface area contributed by atoms with Crippen LogP contribution in [0.2, 0.25) is 0 Å². The fraction of sp³-hybridized carbons (Fsp3) is 0.133. The van der Waals surface area contributed by atoms with Gasteiger partial charge in [-0.3, -0.25) is 4.79 Å². The first-order valence-electron chi connectivity index (χ1n) is 6.21. The number of rotatable bonds is 2. The van der Waals surface area contributed by atoms with Crippen LogP contribution in [0, 0.1) is 11.3 Å². The number of hydrogen-bond donors (Lipinski definition) is 1. The summed E-state index contributed by atoms with van der Waals surface area (Å²) in [7, 11) is 0.